The maximum absolute atomic E-state index is 11.0. The molecule has 0 spiro atoms. The number of imidazole rings is 1. The van der Waals surface area contributed by atoms with Crippen molar-refractivity contribution in [1.82, 2.24) is 9.38 Å². The van der Waals surface area contributed by atoms with Gasteiger partial charge in [-0.1, -0.05) is 28.9 Å². The molecule has 0 bridgehead atoms. The lowest BCUT2D eigenvalue weighted by molar-refractivity contribution is -0.107. The van der Waals surface area contributed by atoms with Gasteiger partial charge in [0.15, 0.2) is 0 Å². The van der Waals surface area contributed by atoms with Crippen LogP contribution in [0.15, 0.2) is 12.3 Å². The van der Waals surface area contributed by atoms with Crippen LogP contribution in [0.1, 0.15) is 23.7 Å². The second kappa shape index (κ2) is 5.10. The molecule has 0 aliphatic heterocycles. The number of alkyl halides is 1. The Morgan fingerprint density at radius 3 is 2.83 bits per heavy atom. The molecule has 2 rings (SSSR count). The molecule has 0 saturated carbocycles. The minimum atomic E-state index is 0.785. The summed E-state index contributed by atoms with van der Waals surface area (Å²) in [6, 6.07) is 2.11. The molecule has 96 valence electrons. The van der Waals surface area contributed by atoms with Crippen molar-refractivity contribution >= 4 is 33.8 Å². The number of hydrogen-bond acceptors (Lipinski definition) is 2. The van der Waals surface area contributed by atoms with Crippen LogP contribution in [0.3, 0.4) is 0 Å². The number of fused-ring (bicyclic) bond motifs is 1. The molecule has 0 aliphatic rings. The number of halogens is 1. The minimum absolute atomic E-state index is 0.785. The standard InChI is InChI=1S/C13H16BrN3O/c1-4-11-13(16(3)8-18)17-7-10(6-14)5-9(2)12(17)15-11/h5,7-8H,4,6H2,1-3H3. The molecule has 18 heavy (non-hydrogen) atoms. The summed E-state index contributed by atoms with van der Waals surface area (Å²) in [7, 11) is 1.76. The summed E-state index contributed by atoms with van der Waals surface area (Å²) in [5, 5.41) is 0.785. The van der Waals surface area contributed by atoms with Crippen LogP contribution in [0.5, 0.6) is 0 Å². The van der Waals surface area contributed by atoms with Gasteiger partial charge in [0.1, 0.15) is 11.5 Å². The van der Waals surface area contributed by atoms with Gasteiger partial charge >= 0.3 is 0 Å². The molecule has 1 amide bonds. The zero-order valence-corrected chi connectivity index (χ0v) is 12.4. The van der Waals surface area contributed by atoms with Gasteiger partial charge in [-0.15, -0.1) is 0 Å². The maximum Gasteiger partial charge on any atom is 0.215 e. The first-order valence-electron chi connectivity index (χ1n) is 5.86. The number of aromatic nitrogens is 2. The minimum Gasteiger partial charge on any atom is -0.302 e. The Kier molecular flexibility index (Phi) is 3.71. The van der Waals surface area contributed by atoms with Crippen molar-refractivity contribution in [2.24, 2.45) is 0 Å². The fourth-order valence-corrected chi connectivity index (χ4v) is 2.46. The highest BCUT2D eigenvalue weighted by Crippen LogP contribution is 2.25. The van der Waals surface area contributed by atoms with E-state index in [0.717, 1.165) is 40.9 Å². The number of nitrogens with zero attached hydrogens (tertiary/aromatic N) is 3. The monoisotopic (exact) mass is 309 g/mol. The van der Waals surface area contributed by atoms with Crippen molar-refractivity contribution in [2.75, 3.05) is 11.9 Å². The summed E-state index contributed by atoms with van der Waals surface area (Å²) < 4.78 is 2.00. The summed E-state index contributed by atoms with van der Waals surface area (Å²) in [5.74, 6) is 0.855. The highest BCUT2D eigenvalue weighted by atomic mass is 79.9. The van der Waals surface area contributed by atoms with E-state index in [1.807, 2.05) is 24.4 Å². The van der Waals surface area contributed by atoms with E-state index in [0.29, 0.717) is 0 Å². The van der Waals surface area contributed by atoms with Crippen molar-refractivity contribution in [3.05, 3.63) is 29.1 Å². The van der Waals surface area contributed by atoms with Gasteiger partial charge < -0.3 is 4.90 Å². The van der Waals surface area contributed by atoms with Crippen LogP contribution in [0.25, 0.3) is 5.65 Å². The molecule has 0 N–H and O–H groups in total. The topological polar surface area (TPSA) is 37.6 Å². The second-order valence-electron chi connectivity index (χ2n) is 4.31. The SMILES string of the molecule is CCc1nc2c(C)cc(CBr)cn2c1N(C)C=O. The molecular weight excluding hydrogens is 294 g/mol. The number of pyridine rings is 1. The fraction of sp³-hybridized carbons (Fsp3) is 0.385. The number of rotatable bonds is 4. The molecular formula is C13H16BrN3O. The largest absolute Gasteiger partial charge is 0.302 e. The van der Waals surface area contributed by atoms with Gasteiger partial charge in [-0.05, 0) is 24.5 Å². The van der Waals surface area contributed by atoms with Crippen molar-refractivity contribution in [1.29, 1.82) is 0 Å². The first-order chi connectivity index (χ1) is 8.62. The van der Waals surface area contributed by atoms with Gasteiger partial charge in [-0.2, -0.15) is 0 Å². The zero-order valence-electron chi connectivity index (χ0n) is 10.8. The average Bonchev–Trinajstić information content (AvgIpc) is 2.76. The summed E-state index contributed by atoms with van der Waals surface area (Å²) in [5.41, 5.74) is 4.15. The molecule has 5 heteroatoms. The van der Waals surface area contributed by atoms with Gasteiger partial charge in [-0.25, -0.2) is 4.98 Å². The third kappa shape index (κ3) is 2.03. The predicted molar refractivity (Wildman–Crippen MR) is 76.4 cm³/mol. The first kappa shape index (κ1) is 13.1. The molecule has 0 atom stereocenters. The normalized spacial score (nSPS) is 10.9. The highest BCUT2D eigenvalue weighted by Gasteiger charge is 2.16. The lowest BCUT2D eigenvalue weighted by Gasteiger charge is -2.13. The Morgan fingerprint density at radius 1 is 1.56 bits per heavy atom. The van der Waals surface area contributed by atoms with Crippen LogP contribution < -0.4 is 4.90 Å². The lowest BCUT2D eigenvalue weighted by atomic mass is 10.2. The van der Waals surface area contributed by atoms with E-state index in [-0.39, 0.29) is 0 Å². The van der Waals surface area contributed by atoms with Crippen LogP contribution in [-0.2, 0) is 16.5 Å². The quantitative estimate of drug-likeness (QED) is 0.643. The number of carbonyl (C=O) groups is 1. The average molecular weight is 310 g/mol. The Labute approximate surface area is 115 Å². The number of aryl methyl sites for hydroxylation is 2. The van der Waals surface area contributed by atoms with E-state index < -0.39 is 0 Å². The molecule has 0 unspecified atom stereocenters. The van der Waals surface area contributed by atoms with E-state index in [4.69, 9.17) is 0 Å². The van der Waals surface area contributed by atoms with Crippen LogP contribution >= 0.6 is 15.9 Å². The van der Waals surface area contributed by atoms with Crippen molar-refractivity contribution in [3.63, 3.8) is 0 Å². The molecule has 0 fully saturated rings. The lowest BCUT2D eigenvalue weighted by Crippen LogP contribution is -2.17. The van der Waals surface area contributed by atoms with Crippen molar-refractivity contribution in [3.8, 4) is 0 Å². The van der Waals surface area contributed by atoms with E-state index in [2.05, 4.69) is 27.0 Å². The molecule has 0 aliphatic carbocycles. The van der Waals surface area contributed by atoms with E-state index in [9.17, 15) is 4.79 Å². The van der Waals surface area contributed by atoms with Gasteiger partial charge in [0.2, 0.25) is 6.41 Å². The number of carbonyl (C=O) groups excluding carboxylic acids is 1. The summed E-state index contributed by atoms with van der Waals surface area (Å²) in [6.45, 7) is 4.09. The van der Waals surface area contributed by atoms with E-state index >= 15 is 0 Å². The van der Waals surface area contributed by atoms with Gasteiger partial charge in [0, 0.05) is 18.6 Å². The predicted octanol–water partition coefficient (Wildman–Crippen LogP) is 2.69. The molecule has 4 nitrogen and oxygen atoms in total. The van der Waals surface area contributed by atoms with Crippen LogP contribution in [-0.4, -0.2) is 22.8 Å². The molecule has 0 radical (unpaired) electrons. The fourth-order valence-electron chi connectivity index (χ4n) is 2.15. The molecule has 2 aromatic heterocycles. The van der Waals surface area contributed by atoms with Crippen molar-refractivity contribution in [2.45, 2.75) is 25.6 Å². The van der Waals surface area contributed by atoms with Gasteiger partial charge in [0.05, 0.1) is 5.69 Å². The Balaban J connectivity index is 2.79. The summed E-state index contributed by atoms with van der Waals surface area (Å²) >= 11 is 3.46. The van der Waals surface area contributed by atoms with Gasteiger partial charge in [0.25, 0.3) is 0 Å². The number of hydrogen-bond donors (Lipinski definition) is 0. The van der Waals surface area contributed by atoms with Crippen LogP contribution in [0.4, 0.5) is 5.82 Å². The maximum atomic E-state index is 11.0. The second-order valence-corrected chi connectivity index (χ2v) is 4.87. The third-order valence-electron chi connectivity index (χ3n) is 2.99. The van der Waals surface area contributed by atoms with E-state index in [1.54, 1.807) is 11.9 Å². The number of amides is 1. The van der Waals surface area contributed by atoms with Crippen LogP contribution in [0, 0.1) is 6.92 Å². The van der Waals surface area contributed by atoms with E-state index in [1.165, 1.54) is 5.56 Å². The van der Waals surface area contributed by atoms with Crippen LogP contribution in [0.2, 0.25) is 0 Å². The summed E-state index contributed by atoms with van der Waals surface area (Å²) in [4.78, 5) is 17.2. The smallest absolute Gasteiger partial charge is 0.215 e. The Morgan fingerprint density at radius 2 is 2.28 bits per heavy atom. The molecule has 2 aromatic rings. The molecule has 0 aromatic carbocycles. The molecule has 0 saturated heterocycles. The highest BCUT2D eigenvalue weighted by molar-refractivity contribution is 9.08. The zero-order chi connectivity index (χ0) is 13.3. The number of anilines is 1. The third-order valence-corrected chi connectivity index (χ3v) is 3.63. The summed E-state index contributed by atoms with van der Waals surface area (Å²) in [6.07, 6.45) is 3.65. The Hall–Kier alpha value is -1.36. The van der Waals surface area contributed by atoms with Crippen molar-refractivity contribution < 1.29 is 4.79 Å². The molecule has 2 heterocycles. The Bertz CT molecular complexity index is 591. The first-order valence-corrected chi connectivity index (χ1v) is 6.99. The van der Waals surface area contributed by atoms with Gasteiger partial charge in [-0.3, -0.25) is 9.20 Å².